The SMILES string of the molecule is O=C(N/N=C\c1cccc(Oc2ccccc2)c1)c1ccn(Cc2cccc(Br)c2)n1. The largest absolute Gasteiger partial charge is 0.457 e. The fourth-order valence-corrected chi connectivity index (χ4v) is 3.35. The highest BCUT2D eigenvalue weighted by Crippen LogP contribution is 2.21. The molecule has 4 rings (SSSR count). The molecule has 0 unspecified atom stereocenters. The monoisotopic (exact) mass is 474 g/mol. The molecule has 0 saturated carbocycles. The van der Waals surface area contributed by atoms with Crippen molar-refractivity contribution in [3.05, 3.63) is 112 Å². The second-order valence-corrected chi connectivity index (χ2v) is 7.63. The van der Waals surface area contributed by atoms with Crippen LogP contribution < -0.4 is 10.2 Å². The van der Waals surface area contributed by atoms with E-state index in [2.05, 4.69) is 31.6 Å². The maximum atomic E-state index is 12.3. The summed E-state index contributed by atoms with van der Waals surface area (Å²) in [6.45, 7) is 0.574. The van der Waals surface area contributed by atoms with Crippen LogP contribution in [0.4, 0.5) is 0 Å². The summed E-state index contributed by atoms with van der Waals surface area (Å²) in [4.78, 5) is 12.3. The summed E-state index contributed by atoms with van der Waals surface area (Å²) in [6, 6.07) is 26.6. The highest BCUT2D eigenvalue weighted by Gasteiger charge is 2.09. The lowest BCUT2D eigenvalue weighted by Gasteiger charge is -2.05. The second-order valence-electron chi connectivity index (χ2n) is 6.72. The molecule has 0 bridgehead atoms. The van der Waals surface area contributed by atoms with Crippen LogP contribution in [0.3, 0.4) is 0 Å². The molecule has 0 radical (unpaired) electrons. The molecule has 154 valence electrons. The number of hydrazone groups is 1. The summed E-state index contributed by atoms with van der Waals surface area (Å²) < 4.78 is 8.53. The van der Waals surface area contributed by atoms with Gasteiger partial charge in [-0.1, -0.05) is 58.4 Å². The number of benzene rings is 3. The minimum atomic E-state index is -0.374. The van der Waals surface area contributed by atoms with Crippen molar-refractivity contribution in [3.8, 4) is 11.5 Å². The molecule has 1 N–H and O–H groups in total. The van der Waals surface area contributed by atoms with E-state index in [1.807, 2.05) is 78.9 Å². The van der Waals surface area contributed by atoms with Crippen molar-refractivity contribution in [3.63, 3.8) is 0 Å². The lowest BCUT2D eigenvalue weighted by Crippen LogP contribution is -2.18. The number of aromatic nitrogens is 2. The molecular formula is C24H19BrN4O2. The van der Waals surface area contributed by atoms with E-state index in [0.29, 0.717) is 18.0 Å². The molecule has 0 aliphatic heterocycles. The first kappa shape index (κ1) is 20.6. The van der Waals surface area contributed by atoms with Crippen LogP contribution >= 0.6 is 15.9 Å². The Kier molecular flexibility index (Phi) is 6.54. The van der Waals surface area contributed by atoms with Crippen LogP contribution in [0.25, 0.3) is 0 Å². The summed E-state index contributed by atoms with van der Waals surface area (Å²) in [5.41, 5.74) is 4.69. The van der Waals surface area contributed by atoms with Crippen molar-refractivity contribution >= 4 is 28.1 Å². The number of para-hydroxylation sites is 1. The summed E-state index contributed by atoms with van der Waals surface area (Å²) in [5.74, 6) is 1.07. The Morgan fingerprint density at radius 3 is 2.65 bits per heavy atom. The maximum absolute atomic E-state index is 12.3. The molecule has 0 aliphatic rings. The first-order chi connectivity index (χ1) is 15.2. The number of nitrogens with zero attached hydrogens (tertiary/aromatic N) is 3. The Hall–Kier alpha value is -3.71. The van der Waals surface area contributed by atoms with Gasteiger partial charge >= 0.3 is 0 Å². The van der Waals surface area contributed by atoms with E-state index >= 15 is 0 Å². The lowest BCUT2D eigenvalue weighted by atomic mass is 10.2. The summed E-state index contributed by atoms with van der Waals surface area (Å²) >= 11 is 3.45. The topological polar surface area (TPSA) is 68.5 Å². The summed E-state index contributed by atoms with van der Waals surface area (Å²) in [7, 11) is 0. The minimum absolute atomic E-state index is 0.299. The molecule has 6 nitrogen and oxygen atoms in total. The van der Waals surface area contributed by atoms with Crippen LogP contribution in [0.15, 0.2) is 101 Å². The quantitative estimate of drug-likeness (QED) is 0.293. The van der Waals surface area contributed by atoms with E-state index in [-0.39, 0.29) is 5.91 Å². The molecule has 0 atom stereocenters. The van der Waals surface area contributed by atoms with Gasteiger partial charge in [-0.15, -0.1) is 0 Å². The zero-order valence-corrected chi connectivity index (χ0v) is 18.1. The zero-order valence-electron chi connectivity index (χ0n) is 16.5. The predicted molar refractivity (Wildman–Crippen MR) is 123 cm³/mol. The number of ether oxygens (including phenoxy) is 1. The molecule has 31 heavy (non-hydrogen) atoms. The van der Waals surface area contributed by atoms with E-state index < -0.39 is 0 Å². The van der Waals surface area contributed by atoms with Crippen LogP contribution in [0.2, 0.25) is 0 Å². The smallest absolute Gasteiger partial charge is 0.291 e. The highest BCUT2D eigenvalue weighted by atomic mass is 79.9. The van der Waals surface area contributed by atoms with Gasteiger partial charge in [-0.25, -0.2) is 5.43 Å². The number of amides is 1. The predicted octanol–water partition coefficient (Wildman–Crippen LogP) is 5.25. The van der Waals surface area contributed by atoms with Crippen LogP contribution in [0, 0.1) is 0 Å². The van der Waals surface area contributed by atoms with Crippen molar-refractivity contribution in [2.45, 2.75) is 6.54 Å². The van der Waals surface area contributed by atoms with Crippen molar-refractivity contribution in [2.75, 3.05) is 0 Å². The number of halogens is 1. The third-order valence-corrected chi connectivity index (χ3v) is 4.82. The zero-order chi connectivity index (χ0) is 21.5. The first-order valence-corrected chi connectivity index (χ1v) is 10.4. The van der Waals surface area contributed by atoms with Crippen molar-refractivity contribution in [1.29, 1.82) is 0 Å². The molecule has 0 spiro atoms. The summed E-state index contributed by atoms with van der Waals surface area (Å²) in [5, 5.41) is 8.35. The number of rotatable bonds is 7. The average Bonchev–Trinajstić information content (AvgIpc) is 3.23. The van der Waals surface area contributed by atoms with Crippen LogP contribution in [0.5, 0.6) is 11.5 Å². The van der Waals surface area contributed by atoms with E-state index in [4.69, 9.17) is 4.74 Å². The lowest BCUT2D eigenvalue weighted by molar-refractivity contribution is 0.0949. The molecule has 7 heteroatoms. The van der Waals surface area contributed by atoms with Crippen molar-refractivity contribution < 1.29 is 9.53 Å². The van der Waals surface area contributed by atoms with Gasteiger partial charge in [0.25, 0.3) is 5.91 Å². The number of hydrogen-bond acceptors (Lipinski definition) is 4. The van der Waals surface area contributed by atoms with Gasteiger partial charge in [-0.2, -0.15) is 10.2 Å². The molecule has 1 aromatic heterocycles. The van der Waals surface area contributed by atoms with Gasteiger partial charge in [-0.3, -0.25) is 9.48 Å². The number of hydrogen-bond donors (Lipinski definition) is 1. The second kappa shape index (κ2) is 9.86. The molecule has 1 amide bonds. The molecule has 3 aromatic carbocycles. The number of carbonyl (C=O) groups is 1. The summed E-state index contributed by atoms with van der Waals surface area (Å²) in [6.07, 6.45) is 3.33. The van der Waals surface area contributed by atoms with Gasteiger partial charge < -0.3 is 4.74 Å². The van der Waals surface area contributed by atoms with E-state index in [9.17, 15) is 4.79 Å². The standard InChI is InChI=1S/C24H19BrN4O2/c25-20-8-4-7-19(14-20)17-29-13-12-23(28-29)24(30)27-26-16-18-6-5-11-22(15-18)31-21-9-2-1-3-10-21/h1-16H,17H2,(H,27,30)/b26-16-. The Bertz CT molecular complexity index is 1200. The molecular weight excluding hydrogens is 456 g/mol. The van der Waals surface area contributed by atoms with Gasteiger partial charge in [0, 0.05) is 10.7 Å². The minimum Gasteiger partial charge on any atom is -0.457 e. The maximum Gasteiger partial charge on any atom is 0.291 e. The van der Waals surface area contributed by atoms with Crippen molar-refractivity contribution in [1.82, 2.24) is 15.2 Å². The first-order valence-electron chi connectivity index (χ1n) is 9.60. The van der Waals surface area contributed by atoms with Gasteiger partial charge in [0.1, 0.15) is 11.5 Å². The van der Waals surface area contributed by atoms with E-state index in [0.717, 1.165) is 21.3 Å². The van der Waals surface area contributed by atoms with Crippen LogP contribution in [-0.2, 0) is 6.54 Å². The van der Waals surface area contributed by atoms with E-state index in [1.54, 1.807) is 23.2 Å². The Morgan fingerprint density at radius 1 is 1.00 bits per heavy atom. The molecule has 0 fully saturated rings. The fourth-order valence-electron chi connectivity index (χ4n) is 2.90. The average molecular weight is 475 g/mol. The highest BCUT2D eigenvalue weighted by molar-refractivity contribution is 9.10. The van der Waals surface area contributed by atoms with Gasteiger partial charge in [0.15, 0.2) is 5.69 Å². The molecule has 0 saturated heterocycles. The molecule has 0 aliphatic carbocycles. The van der Waals surface area contributed by atoms with Crippen LogP contribution in [-0.4, -0.2) is 21.9 Å². The Labute approximate surface area is 188 Å². The Morgan fingerprint density at radius 2 is 1.81 bits per heavy atom. The number of nitrogens with one attached hydrogen (secondary N) is 1. The molecule has 1 heterocycles. The number of carbonyl (C=O) groups excluding carboxylic acids is 1. The normalized spacial score (nSPS) is 10.9. The Balaban J connectivity index is 1.34. The third-order valence-electron chi connectivity index (χ3n) is 4.32. The fraction of sp³-hybridized carbons (Fsp3) is 0.0417. The van der Waals surface area contributed by atoms with Gasteiger partial charge in [0.2, 0.25) is 0 Å². The van der Waals surface area contributed by atoms with E-state index in [1.165, 1.54) is 0 Å². The molecule has 4 aromatic rings. The van der Waals surface area contributed by atoms with Crippen molar-refractivity contribution in [2.24, 2.45) is 5.10 Å². The van der Waals surface area contributed by atoms with Crippen LogP contribution in [0.1, 0.15) is 21.6 Å². The van der Waals surface area contributed by atoms with Gasteiger partial charge in [-0.05, 0) is 53.6 Å². The van der Waals surface area contributed by atoms with Gasteiger partial charge in [0.05, 0.1) is 12.8 Å². The third kappa shape index (κ3) is 5.90.